The highest BCUT2D eigenvalue weighted by atomic mass is 16.7. The number of carbonyl (C=O) groups excluding carboxylic acids is 2. The summed E-state index contributed by atoms with van der Waals surface area (Å²) >= 11 is 0. The number of fused-ring (bicyclic) bond motifs is 1. The third-order valence-corrected chi connectivity index (χ3v) is 4.18. The molecule has 1 aliphatic heterocycles. The molecule has 6 heteroatoms. The van der Waals surface area contributed by atoms with Gasteiger partial charge in [0.25, 0.3) is 5.91 Å². The molecule has 24 heavy (non-hydrogen) atoms. The Kier molecular flexibility index (Phi) is 6.90. The molecule has 2 amide bonds. The van der Waals surface area contributed by atoms with Gasteiger partial charge in [0.1, 0.15) is 0 Å². The standard InChI is InChI=1S/C18H26N2O4/c1-3-5-6-13(4-2)10-19-17(21)11-20-18(22)14-7-8-15-16(9-14)24-12-23-15/h7-9,13H,3-6,10-12H2,1-2H3,(H,19,21)(H,20,22). The zero-order valence-corrected chi connectivity index (χ0v) is 14.4. The molecule has 0 saturated heterocycles. The van der Waals surface area contributed by atoms with Crippen molar-refractivity contribution in [2.75, 3.05) is 19.9 Å². The van der Waals surface area contributed by atoms with Gasteiger partial charge in [0.15, 0.2) is 11.5 Å². The van der Waals surface area contributed by atoms with Crippen molar-refractivity contribution in [3.8, 4) is 11.5 Å². The van der Waals surface area contributed by atoms with Gasteiger partial charge >= 0.3 is 0 Å². The molecule has 0 fully saturated rings. The Labute approximate surface area is 142 Å². The molecular weight excluding hydrogens is 308 g/mol. The molecule has 1 heterocycles. The maximum Gasteiger partial charge on any atom is 0.251 e. The molecule has 0 aromatic heterocycles. The van der Waals surface area contributed by atoms with Crippen LogP contribution in [0.3, 0.4) is 0 Å². The molecule has 0 bridgehead atoms. The summed E-state index contributed by atoms with van der Waals surface area (Å²) in [6.45, 7) is 5.09. The Balaban J connectivity index is 1.74. The van der Waals surface area contributed by atoms with Crippen molar-refractivity contribution in [2.45, 2.75) is 39.5 Å². The fourth-order valence-electron chi connectivity index (χ4n) is 2.56. The van der Waals surface area contributed by atoms with E-state index in [4.69, 9.17) is 9.47 Å². The van der Waals surface area contributed by atoms with Crippen molar-refractivity contribution in [3.05, 3.63) is 23.8 Å². The lowest BCUT2D eigenvalue weighted by atomic mass is 9.99. The van der Waals surface area contributed by atoms with E-state index in [1.165, 1.54) is 6.42 Å². The highest BCUT2D eigenvalue weighted by molar-refractivity contribution is 5.97. The number of amides is 2. The first-order valence-electron chi connectivity index (χ1n) is 8.58. The van der Waals surface area contributed by atoms with Crippen LogP contribution in [0.15, 0.2) is 18.2 Å². The predicted octanol–water partition coefficient (Wildman–Crippen LogP) is 2.48. The van der Waals surface area contributed by atoms with Crippen LogP contribution in [-0.4, -0.2) is 31.7 Å². The Bertz CT molecular complexity index is 574. The fourth-order valence-corrected chi connectivity index (χ4v) is 2.56. The van der Waals surface area contributed by atoms with Gasteiger partial charge in [0.2, 0.25) is 12.7 Å². The number of carbonyl (C=O) groups is 2. The molecule has 2 N–H and O–H groups in total. The van der Waals surface area contributed by atoms with Gasteiger partial charge in [-0.05, 0) is 30.5 Å². The predicted molar refractivity (Wildman–Crippen MR) is 91.2 cm³/mol. The van der Waals surface area contributed by atoms with Crippen molar-refractivity contribution in [3.63, 3.8) is 0 Å². The second-order valence-corrected chi connectivity index (χ2v) is 5.97. The van der Waals surface area contributed by atoms with Crippen LogP contribution in [0.2, 0.25) is 0 Å². The topological polar surface area (TPSA) is 76.7 Å². The van der Waals surface area contributed by atoms with Crippen LogP contribution in [0.1, 0.15) is 49.9 Å². The Morgan fingerprint density at radius 2 is 1.96 bits per heavy atom. The molecule has 1 atom stereocenters. The van der Waals surface area contributed by atoms with E-state index in [1.54, 1.807) is 18.2 Å². The molecule has 2 rings (SSSR count). The van der Waals surface area contributed by atoms with Crippen molar-refractivity contribution >= 4 is 11.8 Å². The Morgan fingerprint density at radius 1 is 1.17 bits per heavy atom. The molecule has 1 aliphatic rings. The molecule has 1 aromatic rings. The monoisotopic (exact) mass is 334 g/mol. The molecule has 1 aromatic carbocycles. The van der Waals surface area contributed by atoms with E-state index in [9.17, 15) is 9.59 Å². The van der Waals surface area contributed by atoms with Gasteiger partial charge in [0, 0.05) is 12.1 Å². The third kappa shape index (κ3) is 5.15. The quantitative estimate of drug-likeness (QED) is 0.727. The highest BCUT2D eigenvalue weighted by Crippen LogP contribution is 2.32. The Hall–Kier alpha value is -2.24. The summed E-state index contributed by atoms with van der Waals surface area (Å²) in [5.41, 5.74) is 0.446. The summed E-state index contributed by atoms with van der Waals surface area (Å²) in [5.74, 6) is 1.20. The minimum absolute atomic E-state index is 0.0303. The van der Waals surface area contributed by atoms with Crippen LogP contribution in [0.5, 0.6) is 11.5 Å². The SMILES string of the molecule is CCCCC(CC)CNC(=O)CNC(=O)c1ccc2c(c1)OCO2. The van der Waals surface area contributed by atoms with Crippen molar-refractivity contribution < 1.29 is 19.1 Å². The van der Waals surface area contributed by atoms with E-state index in [0.717, 1.165) is 19.3 Å². The van der Waals surface area contributed by atoms with Crippen LogP contribution in [-0.2, 0) is 4.79 Å². The molecule has 0 spiro atoms. The lowest BCUT2D eigenvalue weighted by Crippen LogP contribution is -2.38. The number of rotatable bonds is 9. The number of ether oxygens (including phenoxy) is 2. The molecule has 132 valence electrons. The van der Waals surface area contributed by atoms with E-state index in [-0.39, 0.29) is 25.2 Å². The zero-order valence-electron chi connectivity index (χ0n) is 14.4. The maximum atomic E-state index is 12.1. The molecule has 0 radical (unpaired) electrons. The summed E-state index contributed by atoms with van der Waals surface area (Å²) in [6.07, 6.45) is 4.51. The summed E-state index contributed by atoms with van der Waals surface area (Å²) in [4.78, 5) is 24.0. The lowest BCUT2D eigenvalue weighted by molar-refractivity contribution is -0.120. The maximum absolute atomic E-state index is 12.1. The van der Waals surface area contributed by atoms with Gasteiger partial charge in [-0.2, -0.15) is 0 Å². The molecule has 6 nitrogen and oxygen atoms in total. The van der Waals surface area contributed by atoms with Crippen molar-refractivity contribution in [1.82, 2.24) is 10.6 Å². The summed E-state index contributed by atoms with van der Waals surface area (Å²) in [5, 5.41) is 5.52. The van der Waals surface area contributed by atoms with E-state index >= 15 is 0 Å². The number of unbranched alkanes of at least 4 members (excludes halogenated alkanes) is 1. The van der Waals surface area contributed by atoms with E-state index < -0.39 is 0 Å². The van der Waals surface area contributed by atoms with Gasteiger partial charge in [-0.1, -0.05) is 33.1 Å². The molecular formula is C18H26N2O4. The largest absolute Gasteiger partial charge is 0.454 e. The zero-order chi connectivity index (χ0) is 17.4. The number of nitrogens with one attached hydrogen (secondary N) is 2. The van der Waals surface area contributed by atoms with Gasteiger partial charge in [0.05, 0.1) is 6.54 Å². The minimum atomic E-state index is -0.304. The van der Waals surface area contributed by atoms with Crippen LogP contribution in [0, 0.1) is 5.92 Å². The minimum Gasteiger partial charge on any atom is -0.454 e. The highest BCUT2D eigenvalue weighted by Gasteiger charge is 2.16. The first-order valence-corrected chi connectivity index (χ1v) is 8.58. The molecule has 0 saturated carbocycles. The van der Waals surface area contributed by atoms with Crippen LogP contribution in [0.4, 0.5) is 0 Å². The first-order chi connectivity index (χ1) is 11.6. The number of hydrogen-bond donors (Lipinski definition) is 2. The smallest absolute Gasteiger partial charge is 0.251 e. The van der Waals surface area contributed by atoms with E-state index in [1.807, 2.05) is 0 Å². The van der Waals surface area contributed by atoms with Crippen molar-refractivity contribution in [1.29, 1.82) is 0 Å². The van der Waals surface area contributed by atoms with Crippen molar-refractivity contribution in [2.24, 2.45) is 5.92 Å². The van der Waals surface area contributed by atoms with E-state index in [2.05, 4.69) is 24.5 Å². The summed E-state index contributed by atoms with van der Waals surface area (Å²) < 4.78 is 10.4. The normalized spacial score (nSPS) is 13.4. The fraction of sp³-hybridized carbons (Fsp3) is 0.556. The van der Waals surface area contributed by atoms with Crippen LogP contribution < -0.4 is 20.1 Å². The van der Waals surface area contributed by atoms with Gasteiger partial charge in [-0.15, -0.1) is 0 Å². The molecule has 0 aliphatic carbocycles. The number of hydrogen-bond acceptors (Lipinski definition) is 4. The average molecular weight is 334 g/mol. The number of benzene rings is 1. The molecule has 1 unspecified atom stereocenters. The van der Waals surface area contributed by atoms with Crippen LogP contribution >= 0.6 is 0 Å². The van der Waals surface area contributed by atoms with Gasteiger partial charge in [-0.25, -0.2) is 0 Å². The van der Waals surface area contributed by atoms with Crippen LogP contribution in [0.25, 0.3) is 0 Å². The Morgan fingerprint density at radius 3 is 2.71 bits per heavy atom. The van der Waals surface area contributed by atoms with E-state index in [0.29, 0.717) is 29.5 Å². The van der Waals surface area contributed by atoms with Gasteiger partial charge < -0.3 is 20.1 Å². The first kappa shape index (κ1) is 18.1. The van der Waals surface area contributed by atoms with Gasteiger partial charge in [-0.3, -0.25) is 9.59 Å². The second kappa shape index (κ2) is 9.15. The lowest BCUT2D eigenvalue weighted by Gasteiger charge is -2.15. The average Bonchev–Trinajstić information content (AvgIpc) is 3.07. The summed E-state index contributed by atoms with van der Waals surface area (Å²) in [7, 11) is 0. The summed E-state index contributed by atoms with van der Waals surface area (Å²) in [6, 6.07) is 4.96. The third-order valence-electron chi connectivity index (χ3n) is 4.18. The second-order valence-electron chi connectivity index (χ2n) is 5.97.